The molecule has 6 rings (SSSR count). The lowest BCUT2D eigenvalue weighted by Gasteiger charge is -2.34. The normalized spacial score (nSPS) is 21.1. The Balaban J connectivity index is 1.69. The number of anilines is 2. The minimum atomic E-state index is -5.00. The Bertz CT molecular complexity index is 1370. The van der Waals surface area contributed by atoms with E-state index in [1.54, 1.807) is 0 Å². The number of halogens is 5. The zero-order valence-electron chi connectivity index (χ0n) is 19.6. The first kappa shape index (κ1) is 24.4. The lowest BCUT2D eigenvalue weighted by molar-refractivity contribution is -0.137. The fraction of sp³-hybridized carbons (Fsp3) is 0.458. The van der Waals surface area contributed by atoms with Crippen molar-refractivity contribution in [3.05, 3.63) is 34.5 Å². The predicted molar refractivity (Wildman–Crippen MR) is 122 cm³/mol. The molecule has 3 aliphatic rings. The van der Waals surface area contributed by atoms with E-state index in [-0.39, 0.29) is 41.5 Å². The number of hydrogen-bond acceptors (Lipinski definition) is 7. The molecule has 36 heavy (non-hydrogen) atoms. The number of rotatable bonds is 6. The van der Waals surface area contributed by atoms with Gasteiger partial charge in [-0.05, 0) is 43.7 Å². The second-order valence-electron chi connectivity index (χ2n) is 9.47. The van der Waals surface area contributed by atoms with E-state index in [1.165, 1.54) is 0 Å². The van der Waals surface area contributed by atoms with Crippen LogP contribution in [0.4, 0.5) is 33.5 Å². The number of ether oxygens (including phenoxy) is 2. The quantitative estimate of drug-likeness (QED) is 0.357. The predicted octanol–water partition coefficient (Wildman–Crippen LogP) is 4.97. The van der Waals surface area contributed by atoms with Crippen molar-refractivity contribution in [1.82, 2.24) is 15.0 Å². The summed E-state index contributed by atoms with van der Waals surface area (Å²) in [6, 6.07) is 0.515. The number of aromatic nitrogens is 3. The third-order valence-electron chi connectivity index (χ3n) is 6.83. The van der Waals surface area contributed by atoms with Crippen molar-refractivity contribution in [2.45, 2.75) is 51.3 Å². The van der Waals surface area contributed by atoms with Gasteiger partial charge in [-0.2, -0.15) is 23.1 Å². The van der Waals surface area contributed by atoms with E-state index < -0.39 is 51.5 Å². The molecule has 2 aliphatic heterocycles. The van der Waals surface area contributed by atoms with Crippen LogP contribution < -0.4 is 16.2 Å². The first-order chi connectivity index (χ1) is 16.9. The van der Waals surface area contributed by atoms with Crippen molar-refractivity contribution in [2.24, 2.45) is 5.92 Å². The lowest BCUT2D eigenvalue weighted by Crippen LogP contribution is -2.42. The molecule has 3 fully saturated rings. The van der Waals surface area contributed by atoms with Gasteiger partial charge in [0.05, 0.1) is 28.9 Å². The molecule has 2 bridgehead atoms. The second kappa shape index (κ2) is 8.39. The Hall–Kier alpha value is -3.28. The topological polar surface area (TPSA) is 109 Å². The Morgan fingerprint density at radius 2 is 1.86 bits per heavy atom. The van der Waals surface area contributed by atoms with Crippen LogP contribution in [0.25, 0.3) is 22.2 Å². The fourth-order valence-electron chi connectivity index (χ4n) is 5.16. The van der Waals surface area contributed by atoms with Crippen LogP contribution in [0.3, 0.4) is 0 Å². The van der Waals surface area contributed by atoms with Crippen molar-refractivity contribution in [3.8, 4) is 17.3 Å². The number of hydrogen-bond donors (Lipinski definition) is 2. The molecule has 1 saturated carbocycles. The molecule has 1 aliphatic carbocycles. The number of benzene rings is 1. The lowest BCUT2D eigenvalue weighted by atomic mass is 9.75. The zero-order chi connectivity index (χ0) is 26.0. The highest BCUT2D eigenvalue weighted by atomic mass is 19.4. The zero-order valence-corrected chi connectivity index (χ0v) is 19.6. The summed E-state index contributed by atoms with van der Waals surface area (Å²) in [6.07, 6.45) is -2.53. The SMILES string of the molecule is CCCc1nc(-c2cc(N)c(F)c(C)c2C(F)(F)F)c(F)c2nc(OCC34CC(CO3)C4)nc(N)c12. The van der Waals surface area contributed by atoms with Gasteiger partial charge < -0.3 is 20.9 Å². The second-order valence-corrected chi connectivity index (χ2v) is 9.47. The molecule has 0 radical (unpaired) electrons. The molecule has 0 unspecified atom stereocenters. The maximum absolute atomic E-state index is 15.9. The van der Waals surface area contributed by atoms with Crippen LogP contribution in [0.1, 0.15) is 43.0 Å². The van der Waals surface area contributed by atoms with Gasteiger partial charge in [0, 0.05) is 5.56 Å². The highest BCUT2D eigenvalue weighted by Crippen LogP contribution is 2.48. The van der Waals surface area contributed by atoms with Gasteiger partial charge >= 0.3 is 12.2 Å². The van der Waals surface area contributed by atoms with Gasteiger partial charge in [0.25, 0.3) is 0 Å². The van der Waals surface area contributed by atoms with E-state index in [4.69, 9.17) is 20.9 Å². The molecule has 4 N–H and O–H groups in total. The molecule has 7 nitrogen and oxygen atoms in total. The summed E-state index contributed by atoms with van der Waals surface area (Å²) in [7, 11) is 0. The molecule has 0 amide bonds. The van der Waals surface area contributed by atoms with Crippen LogP contribution in [0.15, 0.2) is 6.07 Å². The Kier molecular flexibility index (Phi) is 5.69. The van der Waals surface area contributed by atoms with Gasteiger partial charge in [0.15, 0.2) is 5.82 Å². The molecule has 0 spiro atoms. The highest BCUT2D eigenvalue weighted by molar-refractivity contribution is 5.94. The van der Waals surface area contributed by atoms with E-state index in [2.05, 4.69) is 15.0 Å². The average molecular weight is 509 g/mol. The van der Waals surface area contributed by atoms with Crippen molar-refractivity contribution in [1.29, 1.82) is 0 Å². The third-order valence-corrected chi connectivity index (χ3v) is 6.83. The van der Waals surface area contributed by atoms with Gasteiger partial charge in [-0.25, -0.2) is 13.8 Å². The molecule has 1 aromatic carbocycles. The molecule has 2 aromatic heterocycles. The van der Waals surface area contributed by atoms with Crippen molar-refractivity contribution in [2.75, 3.05) is 24.7 Å². The average Bonchev–Trinajstić information content (AvgIpc) is 3.38. The molecule has 0 atom stereocenters. The van der Waals surface area contributed by atoms with Crippen LogP contribution in [0.2, 0.25) is 0 Å². The van der Waals surface area contributed by atoms with Crippen LogP contribution in [0.5, 0.6) is 6.01 Å². The van der Waals surface area contributed by atoms with Crippen LogP contribution in [0, 0.1) is 24.5 Å². The molecule has 4 heterocycles. The summed E-state index contributed by atoms with van der Waals surface area (Å²) >= 11 is 0. The number of nitrogens with zero attached hydrogens (tertiary/aromatic N) is 3. The van der Waals surface area contributed by atoms with Crippen LogP contribution in [-0.4, -0.2) is 33.8 Å². The minimum absolute atomic E-state index is 0.0878. The van der Waals surface area contributed by atoms with E-state index >= 15 is 4.39 Å². The van der Waals surface area contributed by atoms with Gasteiger partial charge in [-0.1, -0.05) is 13.3 Å². The minimum Gasteiger partial charge on any atom is -0.460 e. The maximum atomic E-state index is 15.9. The summed E-state index contributed by atoms with van der Waals surface area (Å²) in [5.74, 6) is -2.01. The van der Waals surface area contributed by atoms with Gasteiger partial charge in [-0.3, -0.25) is 0 Å². The molecule has 3 aromatic rings. The van der Waals surface area contributed by atoms with E-state index in [0.29, 0.717) is 18.9 Å². The third kappa shape index (κ3) is 3.87. The monoisotopic (exact) mass is 509 g/mol. The van der Waals surface area contributed by atoms with Gasteiger partial charge in [0.1, 0.15) is 35.1 Å². The smallest absolute Gasteiger partial charge is 0.417 e. The molecular weight excluding hydrogens is 485 g/mol. The van der Waals surface area contributed by atoms with Gasteiger partial charge in [-0.15, -0.1) is 0 Å². The van der Waals surface area contributed by atoms with Crippen molar-refractivity contribution in [3.63, 3.8) is 0 Å². The molecule has 192 valence electrons. The number of aryl methyl sites for hydroxylation is 1. The summed E-state index contributed by atoms with van der Waals surface area (Å²) < 4.78 is 83.6. The largest absolute Gasteiger partial charge is 0.460 e. The summed E-state index contributed by atoms with van der Waals surface area (Å²) in [5, 5.41) is 0.0878. The van der Waals surface area contributed by atoms with E-state index in [1.807, 2.05) is 6.92 Å². The number of nitrogen functional groups attached to an aromatic ring is 2. The van der Waals surface area contributed by atoms with Crippen LogP contribution in [-0.2, 0) is 17.3 Å². The number of nitrogens with two attached hydrogens (primary N) is 2. The first-order valence-electron chi connectivity index (χ1n) is 11.5. The molecule has 2 saturated heterocycles. The summed E-state index contributed by atoms with van der Waals surface area (Å²) in [6.45, 7) is 3.54. The first-order valence-corrected chi connectivity index (χ1v) is 11.5. The van der Waals surface area contributed by atoms with E-state index in [9.17, 15) is 17.6 Å². The Morgan fingerprint density at radius 1 is 1.14 bits per heavy atom. The number of fused-ring (bicyclic) bond motifs is 2. The fourth-order valence-corrected chi connectivity index (χ4v) is 5.16. The van der Waals surface area contributed by atoms with E-state index in [0.717, 1.165) is 25.8 Å². The van der Waals surface area contributed by atoms with Crippen molar-refractivity contribution < 1.29 is 31.4 Å². The summed E-state index contributed by atoms with van der Waals surface area (Å²) in [4.78, 5) is 12.5. The molecular formula is C24H24F5N5O2. The number of pyridine rings is 1. The Labute approximate surface area is 203 Å². The molecule has 12 heteroatoms. The van der Waals surface area contributed by atoms with Gasteiger partial charge in [0.2, 0.25) is 0 Å². The standard InChI is InChI=1S/C24H24F5N5O2/c1-3-4-14-15-20(33-22(34-21(15)31)35-9-23-6-11(7-23)8-36-23)18(26)19(32-14)12-5-13(30)17(25)10(2)16(12)24(27,28)29/h5,11H,3-4,6-9,30H2,1-2H3,(H2,31,33,34). The van der Waals surface area contributed by atoms with Crippen LogP contribution >= 0.6 is 0 Å². The number of alkyl halides is 3. The highest BCUT2D eigenvalue weighted by Gasteiger charge is 2.52. The maximum Gasteiger partial charge on any atom is 0.417 e. The van der Waals surface area contributed by atoms with Crippen molar-refractivity contribution >= 4 is 22.4 Å². The Morgan fingerprint density at radius 3 is 2.47 bits per heavy atom. The summed E-state index contributed by atoms with van der Waals surface area (Å²) in [5.41, 5.74) is 7.17.